The van der Waals surface area contributed by atoms with Crippen LogP contribution in [0.5, 0.6) is 0 Å². The second kappa shape index (κ2) is 4.59. The first-order valence-corrected chi connectivity index (χ1v) is 5.86. The monoisotopic (exact) mass is 223 g/mol. The molecule has 0 radical (unpaired) electrons. The van der Waals surface area contributed by atoms with Crippen LogP contribution < -0.4 is 0 Å². The smallest absolute Gasteiger partial charge is 0.107 e. The largest absolute Gasteiger partial charge is 0.392 e. The van der Waals surface area contributed by atoms with Crippen LogP contribution in [0, 0.1) is 0 Å². The van der Waals surface area contributed by atoms with Crippen LogP contribution in [0.3, 0.4) is 0 Å². The number of thiophene rings is 1. The molecule has 2 aromatic rings. The predicted octanol–water partition coefficient (Wildman–Crippen LogP) is 2.79. The first-order valence-electron chi connectivity index (χ1n) is 4.16. The summed E-state index contributed by atoms with van der Waals surface area (Å²) in [6, 6.07) is 7.78. The van der Waals surface area contributed by atoms with Crippen molar-refractivity contribution >= 4 is 23.1 Å². The van der Waals surface area contributed by atoms with Gasteiger partial charge in [0, 0.05) is 11.8 Å². The second-order valence-corrected chi connectivity index (χ2v) is 4.90. The van der Waals surface area contributed by atoms with Crippen molar-refractivity contribution in [2.45, 2.75) is 15.8 Å². The number of hydrogen-bond acceptors (Lipinski definition) is 4. The SMILES string of the molecule is OCc1cccnc1Sc1cccs1. The maximum atomic E-state index is 9.10. The molecule has 0 atom stereocenters. The lowest BCUT2D eigenvalue weighted by atomic mass is 10.3. The van der Waals surface area contributed by atoms with Gasteiger partial charge in [-0.15, -0.1) is 11.3 Å². The Morgan fingerprint density at radius 1 is 1.36 bits per heavy atom. The lowest BCUT2D eigenvalue weighted by Crippen LogP contribution is -1.89. The number of aliphatic hydroxyl groups is 1. The average molecular weight is 223 g/mol. The quantitative estimate of drug-likeness (QED) is 0.868. The third kappa shape index (κ3) is 2.15. The van der Waals surface area contributed by atoms with Gasteiger partial charge in [-0.3, -0.25) is 0 Å². The molecule has 0 unspecified atom stereocenters. The molecule has 2 heterocycles. The van der Waals surface area contributed by atoms with Crippen molar-refractivity contribution in [1.82, 2.24) is 4.98 Å². The van der Waals surface area contributed by atoms with E-state index in [2.05, 4.69) is 4.98 Å². The number of nitrogens with zero attached hydrogens (tertiary/aromatic N) is 1. The number of aromatic nitrogens is 1. The minimum atomic E-state index is 0.0432. The molecule has 1 N–H and O–H groups in total. The van der Waals surface area contributed by atoms with Crippen LogP contribution in [0.15, 0.2) is 45.1 Å². The summed E-state index contributed by atoms with van der Waals surface area (Å²) in [4.78, 5) is 4.23. The third-order valence-electron chi connectivity index (χ3n) is 1.71. The molecule has 0 saturated heterocycles. The Hall–Kier alpha value is -0.840. The van der Waals surface area contributed by atoms with E-state index in [4.69, 9.17) is 5.11 Å². The van der Waals surface area contributed by atoms with Gasteiger partial charge in [0.15, 0.2) is 0 Å². The van der Waals surface area contributed by atoms with Gasteiger partial charge in [-0.2, -0.15) is 0 Å². The fourth-order valence-corrected chi connectivity index (χ4v) is 2.81. The van der Waals surface area contributed by atoms with Gasteiger partial charge in [0.2, 0.25) is 0 Å². The van der Waals surface area contributed by atoms with E-state index in [0.29, 0.717) is 0 Å². The van der Waals surface area contributed by atoms with Crippen molar-refractivity contribution in [2.24, 2.45) is 0 Å². The molecule has 0 aliphatic carbocycles. The van der Waals surface area contributed by atoms with Crippen LogP contribution in [-0.4, -0.2) is 10.1 Å². The topological polar surface area (TPSA) is 33.1 Å². The van der Waals surface area contributed by atoms with Crippen molar-refractivity contribution in [3.05, 3.63) is 41.4 Å². The third-order valence-corrected chi connectivity index (χ3v) is 3.81. The maximum Gasteiger partial charge on any atom is 0.107 e. The maximum absolute atomic E-state index is 9.10. The Labute approximate surface area is 90.6 Å². The summed E-state index contributed by atoms with van der Waals surface area (Å²) in [5, 5.41) is 12.0. The fraction of sp³-hybridized carbons (Fsp3) is 0.100. The average Bonchev–Trinajstić information content (AvgIpc) is 2.71. The molecule has 2 aromatic heterocycles. The Morgan fingerprint density at radius 3 is 3.00 bits per heavy atom. The van der Waals surface area contributed by atoms with Gasteiger partial charge < -0.3 is 5.11 Å². The standard InChI is InChI=1S/C10H9NOS2/c12-7-8-3-1-5-11-10(8)14-9-4-2-6-13-9/h1-6,12H,7H2. The van der Waals surface area contributed by atoms with E-state index in [1.165, 1.54) is 4.21 Å². The van der Waals surface area contributed by atoms with Crippen LogP contribution in [0.25, 0.3) is 0 Å². The van der Waals surface area contributed by atoms with Gasteiger partial charge in [0.1, 0.15) is 5.03 Å². The first-order chi connectivity index (χ1) is 6.90. The molecule has 0 fully saturated rings. The van der Waals surface area contributed by atoms with E-state index in [9.17, 15) is 0 Å². The summed E-state index contributed by atoms with van der Waals surface area (Å²) in [5.74, 6) is 0. The first kappa shape index (κ1) is 9.71. The molecule has 4 heteroatoms. The van der Waals surface area contributed by atoms with E-state index in [0.717, 1.165) is 10.6 Å². The molecule has 0 aliphatic heterocycles. The molecule has 0 amide bonds. The predicted molar refractivity (Wildman–Crippen MR) is 58.6 cm³/mol. The molecular formula is C10H9NOS2. The molecule has 0 bridgehead atoms. The Morgan fingerprint density at radius 2 is 2.29 bits per heavy atom. The molecule has 0 aliphatic rings. The molecule has 0 aromatic carbocycles. The summed E-state index contributed by atoms with van der Waals surface area (Å²) in [5.41, 5.74) is 0.880. The highest BCUT2D eigenvalue weighted by Crippen LogP contribution is 2.31. The van der Waals surface area contributed by atoms with Gasteiger partial charge in [-0.25, -0.2) is 4.98 Å². The minimum Gasteiger partial charge on any atom is -0.392 e. The number of aliphatic hydroxyl groups excluding tert-OH is 1. The molecule has 0 saturated carbocycles. The van der Waals surface area contributed by atoms with E-state index in [1.807, 2.05) is 29.6 Å². The summed E-state index contributed by atoms with van der Waals surface area (Å²) >= 11 is 3.27. The number of rotatable bonds is 3. The van der Waals surface area contributed by atoms with E-state index < -0.39 is 0 Å². The molecule has 2 nitrogen and oxygen atoms in total. The zero-order valence-electron chi connectivity index (χ0n) is 7.38. The van der Waals surface area contributed by atoms with Gasteiger partial charge in [0.05, 0.1) is 10.8 Å². The second-order valence-electron chi connectivity index (χ2n) is 2.66. The van der Waals surface area contributed by atoms with Crippen LogP contribution in [0.2, 0.25) is 0 Å². The molecular weight excluding hydrogens is 214 g/mol. The van der Waals surface area contributed by atoms with Crippen molar-refractivity contribution in [2.75, 3.05) is 0 Å². The van der Waals surface area contributed by atoms with Crippen LogP contribution in [0.4, 0.5) is 0 Å². The zero-order chi connectivity index (χ0) is 9.80. The summed E-state index contributed by atoms with van der Waals surface area (Å²) < 4.78 is 1.19. The summed E-state index contributed by atoms with van der Waals surface area (Å²) in [6.45, 7) is 0.0432. The van der Waals surface area contributed by atoms with Crippen molar-refractivity contribution < 1.29 is 5.11 Å². The van der Waals surface area contributed by atoms with E-state index in [-0.39, 0.29) is 6.61 Å². The van der Waals surface area contributed by atoms with Crippen molar-refractivity contribution in [3.63, 3.8) is 0 Å². The molecule has 14 heavy (non-hydrogen) atoms. The molecule has 72 valence electrons. The highest BCUT2D eigenvalue weighted by Gasteiger charge is 2.04. The Bertz CT molecular complexity index is 400. The number of hydrogen-bond donors (Lipinski definition) is 1. The van der Waals surface area contributed by atoms with Gasteiger partial charge >= 0.3 is 0 Å². The lowest BCUT2D eigenvalue weighted by Gasteiger charge is -2.02. The van der Waals surface area contributed by atoms with Gasteiger partial charge in [-0.1, -0.05) is 23.9 Å². The van der Waals surface area contributed by atoms with E-state index >= 15 is 0 Å². The summed E-state index contributed by atoms with van der Waals surface area (Å²) in [7, 11) is 0. The zero-order valence-corrected chi connectivity index (χ0v) is 9.02. The van der Waals surface area contributed by atoms with Gasteiger partial charge in [0.25, 0.3) is 0 Å². The molecule has 0 spiro atoms. The highest BCUT2D eigenvalue weighted by atomic mass is 32.2. The minimum absolute atomic E-state index is 0.0432. The Balaban J connectivity index is 2.24. The van der Waals surface area contributed by atoms with Gasteiger partial charge in [-0.05, 0) is 17.5 Å². The Kier molecular flexibility index (Phi) is 3.18. The van der Waals surface area contributed by atoms with Crippen molar-refractivity contribution in [3.8, 4) is 0 Å². The molecule has 2 rings (SSSR count). The van der Waals surface area contributed by atoms with Crippen LogP contribution >= 0.6 is 23.1 Å². The lowest BCUT2D eigenvalue weighted by molar-refractivity contribution is 0.278. The number of pyridine rings is 1. The van der Waals surface area contributed by atoms with E-state index in [1.54, 1.807) is 29.3 Å². The van der Waals surface area contributed by atoms with Crippen molar-refractivity contribution in [1.29, 1.82) is 0 Å². The normalized spacial score (nSPS) is 10.4. The van der Waals surface area contributed by atoms with Crippen LogP contribution in [-0.2, 0) is 6.61 Å². The summed E-state index contributed by atoms with van der Waals surface area (Å²) in [6.07, 6.45) is 1.75. The highest BCUT2D eigenvalue weighted by molar-refractivity contribution is 8.01. The fourth-order valence-electron chi connectivity index (χ4n) is 1.05. The van der Waals surface area contributed by atoms with Crippen LogP contribution in [0.1, 0.15) is 5.56 Å².